The van der Waals surface area contributed by atoms with E-state index in [2.05, 4.69) is 39.2 Å². The van der Waals surface area contributed by atoms with Crippen molar-refractivity contribution in [1.29, 1.82) is 0 Å². The Hall–Kier alpha value is -3.91. The summed E-state index contributed by atoms with van der Waals surface area (Å²) in [7, 11) is 3.21. The van der Waals surface area contributed by atoms with Gasteiger partial charge in [0.2, 0.25) is 0 Å². The third kappa shape index (κ3) is 4.83. The van der Waals surface area contributed by atoms with Crippen LogP contribution in [-0.4, -0.2) is 77.2 Å². The molecule has 0 aliphatic carbocycles. The summed E-state index contributed by atoms with van der Waals surface area (Å²) < 4.78 is 12.5. The maximum atomic E-state index is 13.3. The molecule has 0 saturated carbocycles. The minimum absolute atomic E-state index is 0.0588. The highest BCUT2D eigenvalue weighted by molar-refractivity contribution is 5.93. The quantitative estimate of drug-likeness (QED) is 0.411. The molecule has 0 bridgehead atoms. The molecule has 0 radical (unpaired) electrons. The number of amides is 1. The van der Waals surface area contributed by atoms with Crippen LogP contribution in [0.2, 0.25) is 0 Å². The van der Waals surface area contributed by atoms with Gasteiger partial charge in [-0.05, 0) is 36.2 Å². The fraction of sp³-hybridized carbons (Fsp3) is 0.296. The van der Waals surface area contributed by atoms with Crippen LogP contribution in [0.15, 0.2) is 66.9 Å². The second-order valence-electron chi connectivity index (χ2n) is 8.57. The maximum absolute atomic E-state index is 13.3. The summed E-state index contributed by atoms with van der Waals surface area (Å²) in [6.07, 6.45) is 2.74. The van der Waals surface area contributed by atoms with Crippen LogP contribution in [0.3, 0.4) is 0 Å². The van der Waals surface area contributed by atoms with Crippen LogP contribution in [0.5, 0.6) is 11.5 Å². The number of benzene rings is 2. The first-order chi connectivity index (χ1) is 17.2. The molecule has 4 aromatic rings. The zero-order valence-electron chi connectivity index (χ0n) is 20.1. The van der Waals surface area contributed by atoms with Gasteiger partial charge >= 0.3 is 0 Å². The van der Waals surface area contributed by atoms with Gasteiger partial charge in [0.25, 0.3) is 5.91 Å². The van der Waals surface area contributed by atoms with E-state index in [4.69, 9.17) is 9.47 Å². The zero-order valence-corrected chi connectivity index (χ0v) is 20.1. The number of ether oxygens (including phenoxy) is 2. The molecule has 0 spiro atoms. The molecular weight excluding hydrogens is 442 g/mol. The number of rotatable bonds is 7. The van der Waals surface area contributed by atoms with E-state index < -0.39 is 0 Å². The Morgan fingerprint density at radius 2 is 1.69 bits per heavy atom. The predicted octanol–water partition coefficient (Wildman–Crippen LogP) is 3.41. The molecule has 0 N–H and O–H groups in total. The molecule has 0 atom stereocenters. The highest BCUT2D eigenvalue weighted by atomic mass is 16.5. The third-order valence-electron chi connectivity index (χ3n) is 6.48. The standard InChI is InChI=1S/C27H29N5O3/c1-34-24-9-8-21(18-25(24)35-2)23-10-12-28-26-19-22(29-32(23)26)27(33)31-16-14-30(15-17-31)13-11-20-6-4-3-5-7-20/h3-10,12,18-19H,11,13-17H2,1-2H3. The summed E-state index contributed by atoms with van der Waals surface area (Å²) in [6.45, 7) is 4.11. The molecule has 2 aromatic heterocycles. The number of hydrogen-bond donors (Lipinski definition) is 0. The Balaban J connectivity index is 1.29. The highest BCUT2D eigenvalue weighted by Crippen LogP contribution is 2.32. The topological polar surface area (TPSA) is 72.2 Å². The molecule has 1 saturated heterocycles. The van der Waals surface area contributed by atoms with E-state index in [1.54, 1.807) is 31.0 Å². The Kier molecular flexibility index (Phi) is 6.63. The molecule has 2 aromatic carbocycles. The minimum atomic E-state index is -0.0588. The number of piperazine rings is 1. The average Bonchev–Trinajstić information content (AvgIpc) is 3.36. The molecular formula is C27H29N5O3. The van der Waals surface area contributed by atoms with E-state index in [-0.39, 0.29) is 5.91 Å². The van der Waals surface area contributed by atoms with Gasteiger partial charge in [-0.15, -0.1) is 0 Å². The first-order valence-corrected chi connectivity index (χ1v) is 11.8. The van der Waals surface area contributed by atoms with Gasteiger partial charge in [-0.2, -0.15) is 5.10 Å². The first kappa shape index (κ1) is 22.9. The largest absolute Gasteiger partial charge is 0.493 e. The lowest BCUT2D eigenvalue weighted by atomic mass is 10.1. The van der Waals surface area contributed by atoms with Gasteiger partial charge in [-0.3, -0.25) is 9.69 Å². The van der Waals surface area contributed by atoms with Crippen LogP contribution < -0.4 is 9.47 Å². The summed E-state index contributed by atoms with van der Waals surface area (Å²) >= 11 is 0. The van der Waals surface area contributed by atoms with E-state index in [1.165, 1.54) is 5.56 Å². The SMILES string of the molecule is COc1ccc(-c2ccnc3cc(C(=O)N4CCN(CCc5ccccc5)CC4)nn23)cc1OC. The van der Waals surface area contributed by atoms with E-state index in [1.807, 2.05) is 35.2 Å². The van der Waals surface area contributed by atoms with Crippen LogP contribution in [0.1, 0.15) is 16.1 Å². The van der Waals surface area contributed by atoms with Crippen LogP contribution in [0.25, 0.3) is 16.9 Å². The molecule has 180 valence electrons. The molecule has 8 heteroatoms. The smallest absolute Gasteiger partial charge is 0.274 e. The molecule has 1 fully saturated rings. The van der Waals surface area contributed by atoms with Gasteiger partial charge in [0.15, 0.2) is 22.8 Å². The lowest BCUT2D eigenvalue weighted by molar-refractivity contribution is 0.0632. The van der Waals surface area contributed by atoms with E-state index in [0.717, 1.165) is 37.3 Å². The number of fused-ring (bicyclic) bond motifs is 1. The molecule has 0 unspecified atom stereocenters. The summed E-state index contributed by atoms with van der Waals surface area (Å²) in [4.78, 5) is 22.0. The van der Waals surface area contributed by atoms with Gasteiger partial charge in [-0.1, -0.05) is 30.3 Å². The van der Waals surface area contributed by atoms with Crippen molar-refractivity contribution in [2.24, 2.45) is 0 Å². The number of carbonyl (C=O) groups excluding carboxylic acids is 1. The van der Waals surface area contributed by atoms with Gasteiger partial charge in [0, 0.05) is 50.6 Å². The summed E-state index contributed by atoms with van der Waals surface area (Å²) in [5, 5.41) is 4.63. The van der Waals surface area contributed by atoms with Crippen LogP contribution in [0.4, 0.5) is 0 Å². The summed E-state index contributed by atoms with van der Waals surface area (Å²) in [5.41, 5.74) is 4.09. The molecule has 8 nitrogen and oxygen atoms in total. The minimum Gasteiger partial charge on any atom is -0.493 e. The fourth-order valence-electron chi connectivity index (χ4n) is 4.48. The molecule has 5 rings (SSSR count). The number of carbonyl (C=O) groups is 1. The highest BCUT2D eigenvalue weighted by Gasteiger charge is 2.24. The second kappa shape index (κ2) is 10.1. The van der Waals surface area contributed by atoms with E-state index in [9.17, 15) is 4.79 Å². The third-order valence-corrected chi connectivity index (χ3v) is 6.48. The van der Waals surface area contributed by atoms with Gasteiger partial charge < -0.3 is 14.4 Å². The number of hydrogen-bond acceptors (Lipinski definition) is 6. The summed E-state index contributed by atoms with van der Waals surface area (Å²) in [5.74, 6) is 1.22. The molecule has 1 aliphatic heterocycles. The lowest BCUT2D eigenvalue weighted by Crippen LogP contribution is -2.49. The van der Waals surface area contributed by atoms with Crippen LogP contribution in [0, 0.1) is 0 Å². The Morgan fingerprint density at radius 1 is 0.914 bits per heavy atom. The van der Waals surface area contributed by atoms with Crippen molar-refractivity contribution in [2.45, 2.75) is 6.42 Å². The number of nitrogens with zero attached hydrogens (tertiary/aromatic N) is 5. The second-order valence-corrected chi connectivity index (χ2v) is 8.57. The normalized spacial score (nSPS) is 14.3. The van der Waals surface area contributed by atoms with Crippen molar-refractivity contribution >= 4 is 11.6 Å². The fourth-order valence-corrected chi connectivity index (χ4v) is 4.48. The van der Waals surface area contributed by atoms with Crippen molar-refractivity contribution in [3.63, 3.8) is 0 Å². The van der Waals surface area contributed by atoms with Crippen molar-refractivity contribution in [3.05, 3.63) is 78.1 Å². The first-order valence-electron chi connectivity index (χ1n) is 11.8. The van der Waals surface area contributed by atoms with E-state index >= 15 is 0 Å². The Labute approximate surface area is 204 Å². The average molecular weight is 472 g/mol. The van der Waals surface area contributed by atoms with Gasteiger partial charge in [0.05, 0.1) is 19.9 Å². The number of methoxy groups -OCH3 is 2. The Bertz CT molecular complexity index is 1310. The van der Waals surface area contributed by atoms with Crippen molar-refractivity contribution in [1.82, 2.24) is 24.4 Å². The predicted molar refractivity (Wildman–Crippen MR) is 134 cm³/mol. The van der Waals surface area contributed by atoms with Crippen molar-refractivity contribution < 1.29 is 14.3 Å². The zero-order chi connectivity index (χ0) is 24.2. The maximum Gasteiger partial charge on any atom is 0.274 e. The number of aromatic nitrogens is 3. The molecule has 35 heavy (non-hydrogen) atoms. The van der Waals surface area contributed by atoms with Crippen LogP contribution >= 0.6 is 0 Å². The van der Waals surface area contributed by atoms with Crippen LogP contribution in [-0.2, 0) is 6.42 Å². The lowest BCUT2D eigenvalue weighted by Gasteiger charge is -2.34. The molecule has 1 aliphatic rings. The van der Waals surface area contributed by atoms with Crippen molar-refractivity contribution in [3.8, 4) is 22.8 Å². The monoisotopic (exact) mass is 471 g/mol. The van der Waals surface area contributed by atoms with Gasteiger partial charge in [0.1, 0.15) is 0 Å². The summed E-state index contributed by atoms with van der Waals surface area (Å²) in [6, 6.07) is 19.8. The van der Waals surface area contributed by atoms with Crippen molar-refractivity contribution in [2.75, 3.05) is 46.9 Å². The Morgan fingerprint density at radius 3 is 2.43 bits per heavy atom. The van der Waals surface area contributed by atoms with E-state index in [0.29, 0.717) is 35.9 Å². The molecule has 1 amide bonds. The molecule has 3 heterocycles. The van der Waals surface area contributed by atoms with Gasteiger partial charge in [-0.25, -0.2) is 9.50 Å².